The molecule has 0 saturated carbocycles. The van der Waals surface area contributed by atoms with Gasteiger partial charge in [0.1, 0.15) is 12.4 Å². The van der Waals surface area contributed by atoms with E-state index >= 15 is 0 Å². The molecule has 0 spiro atoms. The van der Waals surface area contributed by atoms with E-state index in [2.05, 4.69) is 0 Å². The van der Waals surface area contributed by atoms with Crippen molar-refractivity contribution < 1.29 is 14.3 Å². The fraction of sp³-hybridized carbons (Fsp3) is 0.600. The highest BCUT2D eigenvalue weighted by Crippen LogP contribution is 2.34. The third-order valence-electron chi connectivity index (χ3n) is 2.67. The highest BCUT2D eigenvalue weighted by molar-refractivity contribution is 6.61. The van der Waals surface area contributed by atoms with Gasteiger partial charge in [0.15, 0.2) is 0 Å². The molecule has 14 heavy (non-hydrogen) atoms. The van der Waals surface area contributed by atoms with E-state index in [1.807, 2.05) is 12.2 Å². The molecule has 0 aromatic rings. The maximum atomic E-state index is 11.5. The molecule has 1 rings (SSSR count). The van der Waals surface area contributed by atoms with Gasteiger partial charge in [0.05, 0.1) is 5.41 Å². The maximum Gasteiger partial charge on any atom is 0.403 e. The highest BCUT2D eigenvalue weighted by Gasteiger charge is 2.36. The molecule has 1 atom stereocenters. The average molecular weight is 217 g/mol. The molecule has 3 nitrogen and oxygen atoms in total. The van der Waals surface area contributed by atoms with E-state index < -0.39 is 10.8 Å². The van der Waals surface area contributed by atoms with Crippen molar-refractivity contribution in [1.29, 1.82) is 0 Å². The summed E-state index contributed by atoms with van der Waals surface area (Å²) in [6.07, 6.45) is 6.19. The van der Waals surface area contributed by atoms with Gasteiger partial charge >= 0.3 is 5.43 Å². The van der Waals surface area contributed by atoms with Crippen molar-refractivity contribution in [3.05, 3.63) is 12.2 Å². The molecule has 4 heteroatoms. The van der Waals surface area contributed by atoms with Gasteiger partial charge in [-0.25, -0.2) is 4.79 Å². The van der Waals surface area contributed by atoms with Crippen molar-refractivity contribution in [2.75, 3.05) is 6.61 Å². The van der Waals surface area contributed by atoms with Gasteiger partial charge < -0.3 is 4.74 Å². The van der Waals surface area contributed by atoms with Gasteiger partial charge in [-0.2, -0.15) is 0 Å². The normalized spacial score (nSPS) is 25.9. The Hall–Kier alpha value is -0.830. The molecule has 1 unspecified atom stereocenters. The molecular weight excluding hydrogens is 204 g/mol. The summed E-state index contributed by atoms with van der Waals surface area (Å²) in [5.41, 5.74) is -1.39. The van der Waals surface area contributed by atoms with Crippen LogP contribution in [0, 0.1) is 5.41 Å². The van der Waals surface area contributed by atoms with Crippen LogP contribution in [0.2, 0.25) is 0 Å². The predicted octanol–water partition coefficient (Wildman–Crippen LogP) is 2.68. The first-order valence-corrected chi connectivity index (χ1v) is 4.93. The topological polar surface area (TPSA) is 43.4 Å². The van der Waals surface area contributed by atoms with Crippen LogP contribution in [0.4, 0.5) is 4.79 Å². The van der Waals surface area contributed by atoms with Crippen LogP contribution in [0.5, 0.6) is 0 Å². The van der Waals surface area contributed by atoms with Gasteiger partial charge in [0, 0.05) is 11.6 Å². The third kappa shape index (κ3) is 2.58. The van der Waals surface area contributed by atoms with Gasteiger partial charge in [-0.05, 0) is 26.2 Å². The number of allylic oxidation sites excluding steroid dienone is 2. The molecule has 1 aliphatic rings. The number of carbonyl (C=O) groups is 2. The van der Waals surface area contributed by atoms with Gasteiger partial charge in [0.2, 0.25) is 0 Å². The maximum absolute atomic E-state index is 11.5. The number of rotatable bonds is 3. The highest BCUT2D eigenvalue weighted by atomic mass is 35.5. The van der Waals surface area contributed by atoms with Gasteiger partial charge in [-0.1, -0.05) is 12.2 Å². The molecule has 0 aromatic heterocycles. The Morgan fingerprint density at radius 1 is 1.50 bits per heavy atom. The van der Waals surface area contributed by atoms with Crippen LogP contribution in [-0.4, -0.2) is 17.8 Å². The van der Waals surface area contributed by atoms with Crippen LogP contribution >= 0.6 is 11.6 Å². The first-order chi connectivity index (χ1) is 6.57. The third-order valence-corrected chi connectivity index (χ3v) is 2.78. The zero-order chi connectivity index (χ0) is 10.6. The van der Waals surface area contributed by atoms with Crippen LogP contribution in [0.15, 0.2) is 12.2 Å². The van der Waals surface area contributed by atoms with Crippen molar-refractivity contribution in [3.63, 3.8) is 0 Å². The Labute approximate surface area is 88.1 Å². The second kappa shape index (κ2) is 4.60. The Kier molecular flexibility index (Phi) is 3.69. The number of Topliss-reactive ketones (excluding diaryl/α,β-unsaturated/α-hetero) is 1. The number of carbonyl (C=O) groups excluding carboxylic acids is 2. The van der Waals surface area contributed by atoms with E-state index in [9.17, 15) is 9.59 Å². The van der Waals surface area contributed by atoms with E-state index in [-0.39, 0.29) is 12.4 Å². The standard InChI is InChI=1S/C10H13ClO3/c1-8(12)10(7-14-9(11)13)5-3-2-4-6-10/h2-3H,4-7H2,1H3. The first-order valence-electron chi connectivity index (χ1n) is 4.55. The van der Waals surface area contributed by atoms with Crippen LogP contribution in [-0.2, 0) is 9.53 Å². The fourth-order valence-corrected chi connectivity index (χ4v) is 1.69. The van der Waals surface area contributed by atoms with Crippen molar-refractivity contribution in [3.8, 4) is 0 Å². The molecule has 0 saturated heterocycles. The number of hydrogen-bond acceptors (Lipinski definition) is 3. The fourth-order valence-electron chi connectivity index (χ4n) is 1.64. The van der Waals surface area contributed by atoms with Crippen LogP contribution in [0.1, 0.15) is 26.2 Å². The summed E-state index contributed by atoms with van der Waals surface area (Å²) in [6, 6.07) is 0. The van der Waals surface area contributed by atoms with Crippen LogP contribution in [0.25, 0.3) is 0 Å². The smallest absolute Gasteiger partial charge is 0.403 e. The Morgan fingerprint density at radius 2 is 2.21 bits per heavy atom. The summed E-state index contributed by atoms with van der Waals surface area (Å²) in [7, 11) is 0. The Balaban J connectivity index is 2.67. The average Bonchev–Trinajstić information content (AvgIpc) is 2.16. The molecule has 0 fully saturated rings. The van der Waals surface area contributed by atoms with Crippen LogP contribution in [0.3, 0.4) is 0 Å². The lowest BCUT2D eigenvalue weighted by Crippen LogP contribution is -2.35. The zero-order valence-electron chi connectivity index (χ0n) is 8.09. The summed E-state index contributed by atoms with van der Waals surface area (Å²) in [6.45, 7) is 1.62. The van der Waals surface area contributed by atoms with Gasteiger partial charge in [-0.3, -0.25) is 4.79 Å². The van der Waals surface area contributed by atoms with E-state index in [0.29, 0.717) is 6.42 Å². The molecule has 0 N–H and O–H groups in total. The van der Waals surface area contributed by atoms with E-state index in [0.717, 1.165) is 12.8 Å². The minimum absolute atomic E-state index is 0.0553. The lowest BCUT2D eigenvalue weighted by atomic mass is 9.75. The van der Waals surface area contributed by atoms with Gasteiger partial charge in [0.25, 0.3) is 0 Å². The predicted molar refractivity (Wildman–Crippen MR) is 53.3 cm³/mol. The van der Waals surface area contributed by atoms with E-state index in [1.165, 1.54) is 6.92 Å². The Bertz CT molecular complexity index is 273. The molecular formula is C10H13ClO3. The lowest BCUT2D eigenvalue weighted by molar-refractivity contribution is -0.129. The SMILES string of the molecule is CC(=O)C1(COC(=O)Cl)CC=CCC1. The zero-order valence-corrected chi connectivity index (χ0v) is 8.84. The first kappa shape index (κ1) is 11.2. The van der Waals surface area contributed by atoms with E-state index in [4.69, 9.17) is 16.3 Å². The summed E-state index contributed by atoms with van der Waals surface area (Å²) in [5.74, 6) is 0.0553. The summed E-state index contributed by atoms with van der Waals surface area (Å²) >= 11 is 5.07. The molecule has 78 valence electrons. The Morgan fingerprint density at radius 3 is 2.64 bits per heavy atom. The largest absolute Gasteiger partial charge is 0.453 e. The monoisotopic (exact) mass is 216 g/mol. The molecule has 0 aliphatic heterocycles. The lowest BCUT2D eigenvalue weighted by Gasteiger charge is -2.31. The second-order valence-electron chi connectivity index (χ2n) is 3.58. The van der Waals surface area contributed by atoms with Crippen molar-refractivity contribution >= 4 is 22.8 Å². The number of ketones is 1. The number of halogens is 1. The molecule has 0 radical (unpaired) electrons. The summed E-state index contributed by atoms with van der Waals surface area (Å²) in [5, 5.41) is 0. The van der Waals surface area contributed by atoms with Crippen molar-refractivity contribution in [1.82, 2.24) is 0 Å². The molecule has 0 heterocycles. The molecule has 0 bridgehead atoms. The number of ether oxygens (including phenoxy) is 1. The number of hydrogen-bond donors (Lipinski definition) is 0. The summed E-state index contributed by atoms with van der Waals surface area (Å²) < 4.78 is 4.72. The summed E-state index contributed by atoms with van der Waals surface area (Å²) in [4.78, 5) is 21.9. The molecule has 1 aliphatic carbocycles. The second-order valence-corrected chi connectivity index (χ2v) is 3.89. The van der Waals surface area contributed by atoms with Gasteiger partial charge in [-0.15, -0.1) is 0 Å². The van der Waals surface area contributed by atoms with Crippen molar-refractivity contribution in [2.24, 2.45) is 5.41 Å². The van der Waals surface area contributed by atoms with E-state index in [1.54, 1.807) is 0 Å². The quantitative estimate of drug-likeness (QED) is 0.538. The van der Waals surface area contributed by atoms with Crippen LogP contribution < -0.4 is 0 Å². The van der Waals surface area contributed by atoms with Crippen molar-refractivity contribution in [2.45, 2.75) is 26.2 Å². The molecule has 0 aromatic carbocycles. The molecule has 0 amide bonds. The minimum Gasteiger partial charge on any atom is -0.453 e. The minimum atomic E-state index is -0.847.